The van der Waals surface area contributed by atoms with Crippen LogP contribution in [-0.2, 0) is 9.73 Å². The summed E-state index contributed by atoms with van der Waals surface area (Å²) in [5, 5.41) is 0. The molecule has 0 aromatic heterocycles. The zero-order valence-corrected chi connectivity index (χ0v) is 9.48. The minimum Gasteiger partial charge on any atom is -0.307 e. The van der Waals surface area contributed by atoms with Gasteiger partial charge in [-0.25, -0.2) is 8.57 Å². The minimum atomic E-state index is -1.69. The van der Waals surface area contributed by atoms with Crippen molar-refractivity contribution in [1.29, 1.82) is 0 Å². The molecule has 4 heteroatoms. The van der Waals surface area contributed by atoms with Crippen molar-refractivity contribution in [1.82, 2.24) is 4.90 Å². The Balaban J connectivity index is 2.14. The fourth-order valence-electron chi connectivity index (χ4n) is 1.25. The van der Waals surface area contributed by atoms with Gasteiger partial charge in [0.1, 0.15) is 0 Å². The van der Waals surface area contributed by atoms with Crippen LogP contribution in [0.4, 0.5) is 0 Å². The molecule has 0 unspecified atom stereocenters. The Labute approximate surface area is 81.7 Å². The van der Waals surface area contributed by atoms with Crippen molar-refractivity contribution in [2.24, 2.45) is 4.36 Å². The van der Waals surface area contributed by atoms with Gasteiger partial charge in [0.2, 0.25) is 0 Å². The third-order valence-electron chi connectivity index (χ3n) is 2.49. The van der Waals surface area contributed by atoms with Gasteiger partial charge in [-0.3, -0.25) is 0 Å². The maximum Gasteiger partial charge on any atom is 0.0496 e. The van der Waals surface area contributed by atoms with Gasteiger partial charge in [-0.05, 0) is 33.0 Å². The van der Waals surface area contributed by atoms with Crippen molar-refractivity contribution in [2.75, 3.05) is 38.2 Å². The molecule has 0 amide bonds. The van der Waals surface area contributed by atoms with Gasteiger partial charge in [0.05, 0.1) is 0 Å². The van der Waals surface area contributed by atoms with Crippen LogP contribution in [0, 0.1) is 0 Å². The van der Waals surface area contributed by atoms with Gasteiger partial charge in [0, 0.05) is 27.8 Å². The lowest BCUT2D eigenvalue weighted by Crippen LogP contribution is -2.24. The average Bonchev–Trinajstić information content (AvgIpc) is 2.09. The van der Waals surface area contributed by atoms with Crippen LogP contribution >= 0.6 is 0 Å². The lowest BCUT2D eigenvalue weighted by molar-refractivity contribution is 0.350. The fraction of sp³-hybridized carbons (Fsp3) is 1.00. The first-order chi connectivity index (χ1) is 6.16. The topological polar surface area (TPSA) is 32.7 Å². The molecule has 13 heavy (non-hydrogen) atoms. The largest absolute Gasteiger partial charge is 0.307 e. The lowest BCUT2D eigenvalue weighted by Gasteiger charge is -2.18. The Hall–Kier alpha value is -0.0900. The van der Waals surface area contributed by atoms with Gasteiger partial charge in [0.15, 0.2) is 0 Å². The number of rotatable bonds is 5. The molecule has 1 aliphatic rings. The van der Waals surface area contributed by atoms with E-state index in [1.54, 1.807) is 0 Å². The zero-order valence-electron chi connectivity index (χ0n) is 8.66. The van der Waals surface area contributed by atoms with E-state index in [4.69, 9.17) is 0 Å². The number of hydrogen-bond donors (Lipinski definition) is 0. The fourth-order valence-corrected chi connectivity index (χ4v) is 2.75. The molecule has 1 fully saturated rings. The second kappa shape index (κ2) is 4.96. The maximum atomic E-state index is 11.6. The van der Waals surface area contributed by atoms with Crippen LogP contribution in [0.15, 0.2) is 4.36 Å². The first kappa shape index (κ1) is 11.0. The Kier molecular flexibility index (Phi) is 4.19. The van der Waals surface area contributed by atoms with Gasteiger partial charge in [-0.2, -0.15) is 0 Å². The highest BCUT2D eigenvalue weighted by Crippen LogP contribution is 2.12. The van der Waals surface area contributed by atoms with Gasteiger partial charge in [-0.15, -0.1) is 0 Å². The van der Waals surface area contributed by atoms with E-state index in [0.717, 1.165) is 44.0 Å². The normalized spacial score (nSPS) is 19.9. The van der Waals surface area contributed by atoms with Crippen LogP contribution in [0.3, 0.4) is 0 Å². The lowest BCUT2D eigenvalue weighted by atomic mass is 10.4. The number of nitrogens with zero attached hydrogens (tertiary/aromatic N) is 2. The van der Waals surface area contributed by atoms with Crippen molar-refractivity contribution in [3.63, 3.8) is 0 Å². The summed E-state index contributed by atoms with van der Waals surface area (Å²) in [6, 6.07) is 0. The van der Waals surface area contributed by atoms with Crippen molar-refractivity contribution in [3.8, 4) is 0 Å². The molecule has 0 N–H and O–H groups in total. The smallest absolute Gasteiger partial charge is 0.0496 e. The van der Waals surface area contributed by atoms with E-state index in [0.29, 0.717) is 0 Å². The van der Waals surface area contributed by atoms with Crippen LogP contribution < -0.4 is 0 Å². The number of hydrogen-bond acceptors (Lipinski definition) is 3. The summed E-state index contributed by atoms with van der Waals surface area (Å²) in [7, 11) is 0.413. The molecule has 1 aliphatic heterocycles. The Morgan fingerprint density at radius 3 is 2.62 bits per heavy atom. The van der Waals surface area contributed by atoms with E-state index in [1.807, 2.05) is 0 Å². The van der Waals surface area contributed by atoms with Gasteiger partial charge >= 0.3 is 0 Å². The monoisotopic (exact) mass is 204 g/mol. The summed E-state index contributed by atoms with van der Waals surface area (Å²) >= 11 is 0. The van der Waals surface area contributed by atoms with E-state index >= 15 is 0 Å². The van der Waals surface area contributed by atoms with E-state index < -0.39 is 9.73 Å². The van der Waals surface area contributed by atoms with E-state index in [9.17, 15) is 4.21 Å². The Morgan fingerprint density at radius 2 is 2.15 bits per heavy atom. The van der Waals surface area contributed by atoms with Crippen molar-refractivity contribution >= 4 is 9.73 Å². The van der Waals surface area contributed by atoms with Crippen molar-refractivity contribution in [3.05, 3.63) is 0 Å². The highest BCUT2D eigenvalue weighted by molar-refractivity contribution is 7.94. The molecule has 78 valence electrons. The van der Waals surface area contributed by atoms with Crippen molar-refractivity contribution < 1.29 is 4.21 Å². The van der Waals surface area contributed by atoms with Crippen LogP contribution in [0.5, 0.6) is 0 Å². The molecule has 3 nitrogen and oxygen atoms in total. The van der Waals surface area contributed by atoms with Crippen molar-refractivity contribution in [2.45, 2.75) is 19.8 Å². The maximum absolute atomic E-state index is 11.6. The molecule has 0 saturated carbocycles. The molecular weight excluding hydrogens is 184 g/mol. The summed E-state index contributed by atoms with van der Waals surface area (Å²) < 4.78 is 15.8. The first-order valence-electron chi connectivity index (χ1n) is 5.03. The van der Waals surface area contributed by atoms with Crippen LogP contribution in [0.1, 0.15) is 19.8 Å². The molecule has 0 radical (unpaired) electrons. The van der Waals surface area contributed by atoms with Crippen LogP contribution in [0.25, 0.3) is 0 Å². The third kappa shape index (κ3) is 3.65. The highest BCUT2D eigenvalue weighted by atomic mass is 32.2. The van der Waals surface area contributed by atoms with Gasteiger partial charge in [-0.1, -0.05) is 6.92 Å². The zero-order chi connectivity index (χ0) is 9.73. The van der Waals surface area contributed by atoms with E-state index in [1.165, 1.54) is 0 Å². The molecule has 1 rings (SSSR count). The summed E-state index contributed by atoms with van der Waals surface area (Å²) in [6.45, 7) is 5.07. The molecule has 0 spiro atoms. The average molecular weight is 204 g/mol. The summed E-state index contributed by atoms with van der Waals surface area (Å²) in [6.07, 6.45) is 2.15. The first-order valence-corrected chi connectivity index (χ1v) is 6.88. The Bertz CT molecular complexity index is 246. The second-order valence-corrected chi connectivity index (χ2v) is 6.26. The summed E-state index contributed by atoms with van der Waals surface area (Å²) in [5.41, 5.74) is 0. The quantitative estimate of drug-likeness (QED) is 0.630. The van der Waals surface area contributed by atoms with E-state index in [2.05, 4.69) is 23.2 Å². The highest BCUT2D eigenvalue weighted by Gasteiger charge is 2.18. The predicted octanol–water partition coefficient (Wildman–Crippen LogP) is 1.20. The molecule has 1 heterocycles. The standard InChI is InChI=1S/C9H20N2OS/c1-3-11(2)7-4-6-10-13(12)8-5-9-13/h3-9H2,1-2H3. The van der Waals surface area contributed by atoms with Gasteiger partial charge in [0.25, 0.3) is 0 Å². The molecule has 0 aromatic carbocycles. The Morgan fingerprint density at radius 1 is 1.46 bits per heavy atom. The minimum absolute atomic E-state index is 0.781. The summed E-state index contributed by atoms with van der Waals surface area (Å²) in [5.74, 6) is 1.69. The molecule has 0 aliphatic carbocycles. The molecular formula is C9H20N2OS. The molecule has 1 saturated heterocycles. The van der Waals surface area contributed by atoms with Gasteiger partial charge < -0.3 is 4.90 Å². The molecule has 0 bridgehead atoms. The predicted molar refractivity (Wildman–Crippen MR) is 57.6 cm³/mol. The molecule has 0 atom stereocenters. The van der Waals surface area contributed by atoms with E-state index in [-0.39, 0.29) is 0 Å². The van der Waals surface area contributed by atoms with Crippen LogP contribution in [-0.4, -0.2) is 47.3 Å². The third-order valence-corrected chi connectivity index (χ3v) is 5.00. The molecule has 0 aromatic rings. The summed E-state index contributed by atoms with van der Waals surface area (Å²) in [4.78, 5) is 2.25. The van der Waals surface area contributed by atoms with Crippen LogP contribution in [0.2, 0.25) is 0 Å². The SMILES string of the molecule is CCN(C)CCCN=S1(=O)CCC1. The second-order valence-electron chi connectivity index (χ2n) is 3.64.